The number of carbonyl (C=O) groups excluding carboxylic acids is 1. The Morgan fingerprint density at radius 1 is 1.13 bits per heavy atom. The minimum Gasteiger partial charge on any atom is -0.460 e. The fourth-order valence-corrected chi connectivity index (χ4v) is 5.26. The van der Waals surface area contributed by atoms with Crippen LogP contribution in [0, 0.1) is 5.41 Å². The van der Waals surface area contributed by atoms with Crippen molar-refractivity contribution < 1.29 is 19.0 Å². The molecular weight excluding hydrogens is 380 g/mol. The summed E-state index contributed by atoms with van der Waals surface area (Å²) in [5.41, 5.74) is 7.40. The number of allylic oxidation sites excluding steroid dienone is 1. The third-order valence-electron chi connectivity index (χ3n) is 7.16. The van der Waals surface area contributed by atoms with E-state index in [0.717, 1.165) is 65.3 Å². The van der Waals surface area contributed by atoms with Gasteiger partial charge < -0.3 is 19.1 Å². The second-order valence-electron chi connectivity index (χ2n) is 8.66. The van der Waals surface area contributed by atoms with Crippen molar-refractivity contribution in [3.63, 3.8) is 0 Å². The van der Waals surface area contributed by atoms with Crippen LogP contribution in [0.5, 0.6) is 11.5 Å². The number of cyclic esters (lactones) is 1. The lowest BCUT2D eigenvalue weighted by Crippen LogP contribution is -2.40. The van der Waals surface area contributed by atoms with Crippen molar-refractivity contribution in [2.45, 2.75) is 40.2 Å². The Morgan fingerprint density at radius 2 is 1.93 bits per heavy atom. The standard InChI is InChI=1S/C24H24N2O4/c1-4-14-15-6-20-21(30-12-29-20)8-18(15)25-22-16(14)10-26-9-13-11-28-23(27)24(3,5-2)17(13)7-19(22)26/h6-8H,4-5,9-12H2,1-3H3. The van der Waals surface area contributed by atoms with Crippen LogP contribution in [0.25, 0.3) is 16.6 Å². The Kier molecular flexibility index (Phi) is 3.56. The molecular formula is C24H24N2O4. The van der Waals surface area contributed by atoms with E-state index in [1.54, 1.807) is 0 Å². The van der Waals surface area contributed by atoms with E-state index >= 15 is 0 Å². The molecule has 0 spiro atoms. The molecule has 0 bridgehead atoms. The van der Waals surface area contributed by atoms with Crippen LogP contribution in [0.15, 0.2) is 29.4 Å². The number of aryl methyl sites for hydroxylation is 1. The van der Waals surface area contributed by atoms with Crippen molar-refractivity contribution in [2.24, 2.45) is 5.41 Å². The van der Waals surface area contributed by atoms with Crippen LogP contribution in [0.2, 0.25) is 0 Å². The van der Waals surface area contributed by atoms with Crippen LogP contribution in [-0.2, 0) is 22.5 Å². The smallest absolute Gasteiger partial charge is 0.316 e. The molecule has 0 amide bonds. The molecule has 4 aliphatic heterocycles. The zero-order valence-corrected chi connectivity index (χ0v) is 17.5. The van der Waals surface area contributed by atoms with E-state index in [9.17, 15) is 4.79 Å². The van der Waals surface area contributed by atoms with Gasteiger partial charge in [-0.3, -0.25) is 4.79 Å². The predicted molar refractivity (Wildman–Crippen MR) is 112 cm³/mol. The van der Waals surface area contributed by atoms with Gasteiger partial charge in [-0.2, -0.15) is 0 Å². The summed E-state index contributed by atoms with van der Waals surface area (Å²) in [7, 11) is 0. The summed E-state index contributed by atoms with van der Waals surface area (Å²) >= 11 is 0. The SMILES string of the molecule is CCc1c2c(nc3cc4c(cc13)OCO4)C1=CC3=C(COC(=O)C3(C)CC)CN1C2. The average Bonchev–Trinajstić information content (AvgIpc) is 3.35. The van der Waals surface area contributed by atoms with Crippen molar-refractivity contribution in [1.82, 2.24) is 9.88 Å². The van der Waals surface area contributed by atoms with Gasteiger partial charge in [0.1, 0.15) is 6.61 Å². The number of hydrogen-bond acceptors (Lipinski definition) is 6. The quantitative estimate of drug-likeness (QED) is 0.706. The van der Waals surface area contributed by atoms with Crippen LogP contribution in [-0.4, -0.2) is 35.8 Å². The second-order valence-corrected chi connectivity index (χ2v) is 8.66. The summed E-state index contributed by atoms with van der Waals surface area (Å²) in [6.45, 7) is 8.49. The number of nitrogens with zero attached hydrogens (tertiary/aromatic N) is 2. The molecule has 154 valence electrons. The molecule has 0 radical (unpaired) electrons. The minimum absolute atomic E-state index is 0.124. The Morgan fingerprint density at radius 3 is 2.70 bits per heavy atom. The fourth-order valence-electron chi connectivity index (χ4n) is 5.26. The van der Waals surface area contributed by atoms with E-state index in [1.807, 2.05) is 19.9 Å². The first-order valence-electron chi connectivity index (χ1n) is 10.6. The molecule has 6 nitrogen and oxygen atoms in total. The first-order valence-corrected chi connectivity index (χ1v) is 10.6. The molecule has 0 saturated heterocycles. The third-order valence-corrected chi connectivity index (χ3v) is 7.16. The molecule has 6 rings (SSSR count). The van der Waals surface area contributed by atoms with Gasteiger partial charge in [-0.05, 0) is 48.6 Å². The molecule has 1 aromatic carbocycles. The predicted octanol–water partition coefficient (Wildman–Crippen LogP) is 3.97. The van der Waals surface area contributed by atoms with E-state index in [2.05, 4.69) is 24.0 Å². The Hall–Kier alpha value is -3.02. The Bertz CT molecular complexity index is 1200. The summed E-state index contributed by atoms with van der Waals surface area (Å²) in [4.78, 5) is 20.0. The summed E-state index contributed by atoms with van der Waals surface area (Å²) in [5, 5.41) is 1.13. The molecule has 0 N–H and O–H groups in total. The molecule has 6 heteroatoms. The van der Waals surface area contributed by atoms with Crippen molar-refractivity contribution in [2.75, 3.05) is 19.9 Å². The largest absolute Gasteiger partial charge is 0.460 e. The number of pyridine rings is 1. The van der Waals surface area contributed by atoms with Gasteiger partial charge in [0.25, 0.3) is 0 Å². The van der Waals surface area contributed by atoms with E-state index in [1.165, 1.54) is 16.7 Å². The maximum atomic E-state index is 12.6. The van der Waals surface area contributed by atoms with Gasteiger partial charge in [0, 0.05) is 30.1 Å². The molecule has 1 atom stereocenters. The third kappa shape index (κ3) is 2.19. The number of fused-ring (bicyclic) bond motifs is 5. The maximum absolute atomic E-state index is 12.6. The molecule has 0 saturated carbocycles. The minimum atomic E-state index is -0.591. The summed E-state index contributed by atoms with van der Waals surface area (Å²) in [5.74, 6) is 1.42. The molecule has 1 unspecified atom stereocenters. The van der Waals surface area contributed by atoms with Gasteiger partial charge >= 0.3 is 5.97 Å². The van der Waals surface area contributed by atoms with Gasteiger partial charge in [0.15, 0.2) is 11.5 Å². The zero-order chi connectivity index (χ0) is 20.6. The van der Waals surface area contributed by atoms with Crippen LogP contribution < -0.4 is 9.47 Å². The Labute approximate surface area is 175 Å². The van der Waals surface area contributed by atoms with Crippen molar-refractivity contribution in [3.8, 4) is 11.5 Å². The van der Waals surface area contributed by atoms with Crippen LogP contribution in [0.1, 0.15) is 44.0 Å². The lowest BCUT2D eigenvalue weighted by atomic mass is 9.74. The lowest BCUT2D eigenvalue weighted by molar-refractivity contribution is -0.153. The van der Waals surface area contributed by atoms with E-state index < -0.39 is 5.41 Å². The van der Waals surface area contributed by atoms with E-state index in [-0.39, 0.29) is 12.8 Å². The van der Waals surface area contributed by atoms with Gasteiger partial charge in [-0.25, -0.2) is 4.98 Å². The van der Waals surface area contributed by atoms with Gasteiger partial charge in [0.05, 0.1) is 22.3 Å². The molecule has 5 heterocycles. The van der Waals surface area contributed by atoms with Crippen LogP contribution >= 0.6 is 0 Å². The topological polar surface area (TPSA) is 60.9 Å². The summed E-state index contributed by atoms with van der Waals surface area (Å²) in [6.07, 6.45) is 3.83. The van der Waals surface area contributed by atoms with Crippen molar-refractivity contribution in [3.05, 3.63) is 46.2 Å². The number of hydrogen-bond donors (Lipinski definition) is 0. The highest BCUT2D eigenvalue weighted by Gasteiger charge is 2.44. The monoisotopic (exact) mass is 404 g/mol. The number of rotatable bonds is 2. The number of carbonyl (C=O) groups is 1. The van der Waals surface area contributed by atoms with Crippen molar-refractivity contribution >= 4 is 22.6 Å². The highest BCUT2D eigenvalue weighted by Crippen LogP contribution is 2.47. The number of benzene rings is 1. The van der Waals surface area contributed by atoms with E-state index in [0.29, 0.717) is 6.61 Å². The van der Waals surface area contributed by atoms with Gasteiger partial charge in [0.2, 0.25) is 6.79 Å². The average molecular weight is 404 g/mol. The molecule has 30 heavy (non-hydrogen) atoms. The molecule has 0 fully saturated rings. The maximum Gasteiger partial charge on any atom is 0.316 e. The summed E-state index contributed by atoms with van der Waals surface area (Å²) < 4.78 is 16.7. The lowest BCUT2D eigenvalue weighted by Gasteiger charge is -2.39. The molecule has 4 aliphatic rings. The molecule has 2 aromatic rings. The first kappa shape index (κ1) is 17.8. The Balaban J connectivity index is 1.56. The highest BCUT2D eigenvalue weighted by atomic mass is 16.7. The van der Waals surface area contributed by atoms with Gasteiger partial charge in [-0.15, -0.1) is 0 Å². The van der Waals surface area contributed by atoms with Gasteiger partial charge in [-0.1, -0.05) is 13.8 Å². The first-order chi connectivity index (χ1) is 14.5. The number of esters is 1. The number of aromatic nitrogens is 1. The van der Waals surface area contributed by atoms with Crippen LogP contribution in [0.4, 0.5) is 0 Å². The fraction of sp³-hybridized carbons (Fsp3) is 0.417. The number of ether oxygens (including phenoxy) is 3. The van der Waals surface area contributed by atoms with E-state index in [4.69, 9.17) is 19.2 Å². The highest BCUT2D eigenvalue weighted by molar-refractivity contribution is 5.91. The molecule has 1 aromatic heterocycles. The summed E-state index contributed by atoms with van der Waals surface area (Å²) in [6, 6.07) is 4.06. The second kappa shape index (κ2) is 6.00. The normalized spacial score (nSPS) is 23.9. The zero-order valence-electron chi connectivity index (χ0n) is 17.5. The van der Waals surface area contributed by atoms with Crippen molar-refractivity contribution in [1.29, 1.82) is 0 Å². The molecule has 0 aliphatic carbocycles. The van der Waals surface area contributed by atoms with Crippen LogP contribution in [0.3, 0.4) is 0 Å².